The number of esters is 1. The number of alkyl halides is 1. The van der Waals surface area contributed by atoms with Gasteiger partial charge in [-0.2, -0.15) is 14.8 Å². The summed E-state index contributed by atoms with van der Waals surface area (Å²) >= 11 is 0. The van der Waals surface area contributed by atoms with Gasteiger partial charge in [-0.15, -0.1) is 5.92 Å². The molecule has 0 amide bonds. The molecule has 3 N–H and O–H groups in total. The second-order valence-electron chi connectivity index (χ2n) is 8.40. The van der Waals surface area contributed by atoms with Gasteiger partial charge in [-0.05, 0) is 39.8 Å². The molecule has 1 fully saturated rings. The van der Waals surface area contributed by atoms with Crippen LogP contribution in [0.1, 0.15) is 33.9 Å². The number of carbonyl (C=O) groups is 1. The van der Waals surface area contributed by atoms with Crippen molar-refractivity contribution in [3.05, 3.63) is 47.0 Å². The van der Waals surface area contributed by atoms with Crippen LogP contribution in [0.25, 0.3) is 0 Å². The number of benzene rings is 1. The van der Waals surface area contributed by atoms with Gasteiger partial charge in [-0.3, -0.25) is 9.05 Å². The molecule has 6 atom stereocenters. The number of nitrogen functional groups attached to an aromatic ring is 1. The minimum absolute atomic E-state index is 0.0754. The zero-order valence-electron chi connectivity index (χ0n) is 21.0. The Morgan fingerprint density at radius 1 is 1.34 bits per heavy atom. The lowest BCUT2D eigenvalue weighted by Crippen LogP contribution is -2.45. The highest BCUT2D eigenvalue weighted by atomic mass is 31.2. The fraction of sp³-hybridized carbons (Fsp3) is 0.478. The number of phosphoric acid groups is 1. The van der Waals surface area contributed by atoms with E-state index >= 15 is 4.39 Å². The Balaban J connectivity index is 1.86. The normalized spacial score (nSPS) is 25.2. The predicted octanol–water partition coefficient (Wildman–Crippen LogP) is 1.77. The Morgan fingerprint density at radius 3 is 2.63 bits per heavy atom. The molecule has 0 spiro atoms. The number of aromatic nitrogens is 3. The molecule has 206 valence electrons. The molecule has 0 saturated carbocycles. The summed E-state index contributed by atoms with van der Waals surface area (Å²) in [6, 6.07) is 7.79. The maximum absolute atomic E-state index is 15.9. The highest BCUT2D eigenvalue weighted by molar-refractivity contribution is 7.49. The van der Waals surface area contributed by atoms with Crippen molar-refractivity contribution in [2.45, 2.75) is 64.0 Å². The summed E-state index contributed by atoms with van der Waals surface area (Å²) in [5.74, 6) is 3.57. The zero-order valence-corrected chi connectivity index (χ0v) is 21.9. The van der Waals surface area contributed by atoms with Crippen LogP contribution >= 0.6 is 7.82 Å². The van der Waals surface area contributed by atoms with Gasteiger partial charge in [0.2, 0.25) is 11.9 Å². The molecule has 38 heavy (non-hydrogen) atoms. The molecular formula is C23H28FN4O9P. The third-order valence-corrected chi connectivity index (χ3v) is 6.52. The lowest BCUT2D eigenvalue weighted by molar-refractivity contribution is -0.156. The largest absolute Gasteiger partial charge is 0.530 e. The second-order valence-corrected chi connectivity index (χ2v) is 9.95. The average molecular weight is 554 g/mol. The van der Waals surface area contributed by atoms with Gasteiger partial charge >= 0.3 is 19.5 Å². The summed E-state index contributed by atoms with van der Waals surface area (Å²) in [6.07, 6.45) is -6.25. The van der Waals surface area contributed by atoms with E-state index in [0.717, 1.165) is 6.20 Å². The zero-order chi connectivity index (χ0) is 28.1. The highest BCUT2D eigenvalue weighted by Gasteiger charge is 2.59. The summed E-state index contributed by atoms with van der Waals surface area (Å²) < 4.78 is 56.7. The van der Waals surface area contributed by atoms with E-state index in [2.05, 4.69) is 21.9 Å². The first kappa shape index (κ1) is 29.2. The van der Waals surface area contributed by atoms with Crippen LogP contribution in [0, 0.1) is 11.8 Å². The van der Waals surface area contributed by atoms with Gasteiger partial charge in [0.05, 0.1) is 18.9 Å². The number of hydrogen-bond donors (Lipinski definition) is 2. The predicted molar refractivity (Wildman–Crippen MR) is 130 cm³/mol. The number of carbonyl (C=O) groups excluding carboxylic acids is 1. The van der Waals surface area contributed by atoms with Crippen molar-refractivity contribution in [3.63, 3.8) is 0 Å². The van der Waals surface area contributed by atoms with Crippen LogP contribution in [-0.4, -0.2) is 62.5 Å². The average Bonchev–Trinajstić information content (AvgIpc) is 3.08. The molecule has 1 aromatic heterocycles. The Kier molecular flexibility index (Phi) is 9.24. The minimum atomic E-state index is -4.60. The summed E-state index contributed by atoms with van der Waals surface area (Å²) in [4.78, 5) is 28.0. The number of anilines is 1. The third kappa shape index (κ3) is 6.75. The van der Waals surface area contributed by atoms with Crippen molar-refractivity contribution in [2.24, 2.45) is 0 Å². The number of aliphatic hydroxyl groups excluding tert-OH is 1. The first-order chi connectivity index (χ1) is 17.9. The summed E-state index contributed by atoms with van der Waals surface area (Å²) in [7, 11) is -4.60. The Hall–Kier alpha value is -3.34. The molecule has 0 radical (unpaired) electrons. The van der Waals surface area contributed by atoms with E-state index in [0.29, 0.717) is 4.68 Å². The molecule has 2 heterocycles. The molecule has 2 unspecified atom stereocenters. The molecule has 2 aromatic rings. The van der Waals surface area contributed by atoms with Crippen molar-refractivity contribution in [3.8, 4) is 17.6 Å². The maximum Gasteiger partial charge on any atom is 0.530 e. The van der Waals surface area contributed by atoms with Gasteiger partial charge in [-0.25, -0.2) is 18.5 Å². The molecule has 1 aliphatic rings. The lowest BCUT2D eigenvalue weighted by Gasteiger charge is -2.24. The number of nitrogens with two attached hydrogens (primary N) is 1. The molecule has 1 aliphatic heterocycles. The van der Waals surface area contributed by atoms with Crippen LogP contribution < -0.4 is 15.9 Å². The van der Waals surface area contributed by atoms with E-state index in [1.54, 1.807) is 32.0 Å². The van der Waals surface area contributed by atoms with Crippen molar-refractivity contribution in [2.75, 3.05) is 12.3 Å². The van der Waals surface area contributed by atoms with Crippen molar-refractivity contribution < 1.29 is 41.9 Å². The molecule has 0 bridgehead atoms. The van der Waals surface area contributed by atoms with Gasteiger partial charge in [0.25, 0.3) is 0 Å². The third-order valence-electron chi connectivity index (χ3n) is 5.05. The van der Waals surface area contributed by atoms with Crippen LogP contribution in [0.5, 0.6) is 5.75 Å². The Labute approximate surface area is 217 Å². The molecule has 1 aromatic carbocycles. The molecular weight excluding hydrogens is 526 g/mol. The number of ether oxygens (including phenoxy) is 2. The number of halogens is 1. The van der Waals surface area contributed by atoms with E-state index in [4.69, 9.17) is 28.8 Å². The number of nitrogens with zero attached hydrogens (tertiary/aromatic N) is 3. The fourth-order valence-corrected chi connectivity index (χ4v) is 4.73. The minimum Gasteiger partial charge on any atom is -0.461 e. The van der Waals surface area contributed by atoms with E-state index in [1.807, 2.05) is 0 Å². The van der Waals surface area contributed by atoms with Crippen molar-refractivity contribution >= 4 is 19.6 Å². The number of rotatable bonds is 10. The van der Waals surface area contributed by atoms with Gasteiger partial charge < -0.3 is 24.8 Å². The summed E-state index contributed by atoms with van der Waals surface area (Å²) in [5, 5.41) is 14.5. The Morgan fingerprint density at radius 2 is 2.03 bits per heavy atom. The standard InChI is InChI=1S/C23H28FN4O9P/c1-5-11-23(24)19(29)17(35-21(23)28-22(31)27-18(25)12-26-28)13-33-38(32,37-16-9-7-6-8-10-16)36-15(4)20(30)34-14(2)3/h6-10,12,14-15,17,19,21,29H,13H2,1-4H3,(H2,25,27,31)/t15-,17+,19?,21+,23+,38?/m0/s1. The van der Waals surface area contributed by atoms with Gasteiger partial charge in [0, 0.05) is 0 Å². The van der Waals surface area contributed by atoms with Crippen LogP contribution in [0.15, 0.2) is 41.3 Å². The summed E-state index contributed by atoms with van der Waals surface area (Å²) in [5.41, 5.74) is 1.55. The summed E-state index contributed by atoms with van der Waals surface area (Å²) in [6.45, 7) is 5.08. The number of para-hydroxylation sites is 1. The monoisotopic (exact) mass is 554 g/mol. The second kappa shape index (κ2) is 12.0. The van der Waals surface area contributed by atoms with Crippen LogP contribution in [0.4, 0.5) is 10.2 Å². The van der Waals surface area contributed by atoms with Crippen molar-refractivity contribution in [1.29, 1.82) is 0 Å². The van der Waals surface area contributed by atoms with Gasteiger partial charge in [0.1, 0.15) is 23.8 Å². The van der Waals surface area contributed by atoms with E-state index in [-0.39, 0.29) is 11.6 Å². The topological polar surface area (TPSA) is 174 Å². The van der Waals surface area contributed by atoms with Crippen LogP contribution in [0.2, 0.25) is 0 Å². The number of hydrogen-bond acceptors (Lipinski definition) is 12. The van der Waals surface area contributed by atoms with E-state index in [9.17, 15) is 19.3 Å². The first-order valence-electron chi connectivity index (χ1n) is 11.4. The molecule has 3 rings (SSSR count). The fourth-order valence-electron chi connectivity index (χ4n) is 3.39. The molecule has 0 aliphatic carbocycles. The Bertz CT molecular complexity index is 1300. The first-order valence-corrected chi connectivity index (χ1v) is 12.9. The molecule has 13 nitrogen and oxygen atoms in total. The lowest BCUT2D eigenvalue weighted by atomic mass is 9.97. The van der Waals surface area contributed by atoms with E-state index < -0.39 is 62.4 Å². The van der Waals surface area contributed by atoms with Crippen LogP contribution in [-0.2, 0) is 27.9 Å². The number of aliphatic hydroxyl groups is 1. The smallest absolute Gasteiger partial charge is 0.461 e. The van der Waals surface area contributed by atoms with Gasteiger partial charge in [-0.1, -0.05) is 24.1 Å². The SMILES string of the molecule is CC#C[C@@]1(F)C(O)[C@@H](COP(=O)(Oc2ccccc2)O[C@@H](C)C(=O)OC(C)C)O[C@H]1n1ncc(N)nc1=O. The van der Waals surface area contributed by atoms with E-state index in [1.165, 1.54) is 26.0 Å². The maximum atomic E-state index is 15.9. The molecule has 1 saturated heterocycles. The quantitative estimate of drug-likeness (QED) is 0.248. The van der Waals surface area contributed by atoms with Crippen LogP contribution in [0.3, 0.4) is 0 Å². The van der Waals surface area contributed by atoms with Gasteiger partial charge in [0.15, 0.2) is 6.10 Å². The molecule has 15 heteroatoms. The van der Waals surface area contributed by atoms with Crippen molar-refractivity contribution in [1.82, 2.24) is 14.8 Å². The highest BCUT2D eigenvalue weighted by Crippen LogP contribution is 2.52. The number of phosphoric ester groups is 1.